The number of aryl methyl sites for hydroxylation is 1. The summed E-state index contributed by atoms with van der Waals surface area (Å²) in [6.45, 7) is 2.39. The van der Waals surface area contributed by atoms with Gasteiger partial charge in [-0.1, -0.05) is 6.07 Å². The van der Waals surface area contributed by atoms with Crippen LogP contribution < -0.4 is 5.32 Å². The van der Waals surface area contributed by atoms with Crippen molar-refractivity contribution in [2.75, 3.05) is 13.2 Å². The second-order valence-electron chi connectivity index (χ2n) is 6.75. The highest BCUT2D eigenvalue weighted by molar-refractivity contribution is 7.89. The zero-order chi connectivity index (χ0) is 21.0. The predicted octanol–water partition coefficient (Wildman–Crippen LogP) is 1.07. The Kier molecular flexibility index (Phi) is 6.33. The molecule has 2 aromatic heterocycles. The molecule has 0 aliphatic carbocycles. The molecule has 29 heavy (non-hydrogen) atoms. The van der Waals surface area contributed by atoms with Crippen LogP contribution in [0.2, 0.25) is 0 Å². The first-order valence-electron chi connectivity index (χ1n) is 9.36. The average molecular weight is 420 g/mol. The summed E-state index contributed by atoms with van der Waals surface area (Å²) in [6.07, 6.45) is 5.67. The molecule has 0 bridgehead atoms. The molecule has 0 radical (unpaired) electrons. The predicted molar refractivity (Wildman–Crippen MR) is 104 cm³/mol. The Morgan fingerprint density at radius 1 is 1.38 bits per heavy atom. The normalized spacial score (nSPS) is 17.2. The van der Waals surface area contributed by atoms with Crippen molar-refractivity contribution in [1.82, 2.24) is 19.2 Å². The third-order valence-corrected chi connectivity index (χ3v) is 6.64. The van der Waals surface area contributed by atoms with Gasteiger partial charge in [-0.25, -0.2) is 13.2 Å². The van der Waals surface area contributed by atoms with Gasteiger partial charge >= 0.3 is 5.97 Å². The molecule has 1 saturated heterocycles. The number of hydrogen-bond acceptors (Lipinski definition) is 6. The SMILES string of the molecule is CCOC(=O)c1cc(S(=O)(=O)N2CCC[C@H]2C(=O)NCc2cccnc2)cn1C. The molecular formula is C19H24N4O5S. The minimum atomic E-state index is -3.93. The molecule has 1 aliphatic rings. The molecule has 1 N–H and O–H groups in total. The van der Waals surface area contributed by atoms with Crippen molar-refractivity contribution >= 4 is 21.9 Å². The first-order valence-corrected chi connectivity index (χ1v) is 10.8. The van der Waals surface area contributed by atoms with Crippen molar-refractivity contribution in [2.45, 2.75) is 37.2 Å². The molecule has 3 rings (SSSR count). The molecule has 0 unspecified atom stereocenters. The highest BCUT2D eigenvalue weighted by Crippen LogP contribution is 2.27. The fourth-order valence-electron chi connectivity index (χ4n) is 3.32. The lowest BCUT2D eigenvalue weighted by molar-refractivity contribution is -0.124. The van der Waals surface area contributed by atoms with Crippen LogP contribution in [-0.4, -0.2) is 53.3 Å². The van der Waals surface area contributed by atoms with Crippen molar-refractivity contribution in [3.8, 4) is 0 Å². The molecule has 156 valence electrons. The maximum Gasteiger partial charge on any atom is 0.354 e. The van der Waals surface area contributed by atoms with Crippen LogP contribution in [0.1, 0.15) is 35.8 Å². The zero-order valence-corrected chi connectivity index (χ0v) is 17.2. The van der Waals surface area contributed by atoms with E-state index in [2.05, 4.69) is 10.3 Å². The van der Waals surface area contributed by atoms with Crippen LogP contribution in [0.5, 0.6) is 0 Å². The molecule has 1 atom stereocenters. The molecule has 0 aromatic carbocycles. The number of esters is 1. The van der Waals surface area contributed by atoms with Crippen LogP contribution in [-0.2, 0) is 33.1 Å². The van der Waals surface area contributed by atoms with E-state index in [1.165, 1.54) is 21.1 Å². The van der Waals surface area contributed by atoms with E-state index in [9.17, 15) is 18.0 Å². The van der Waals surface area contributed by atoms with E-state index in [-0.39, 0.29) is 36.2 Å². The van der Waals surface area contributed by atoms with Crippen molar-refractivity contribution in [3.63, 3.8) is 0 Å². The van der Waals surface area contributed by atoms with Crippen LogP contribution in [0.3, 0.4) is 0 Å². The maximum atomic E-state index is 13.1. The summed E-state index contributed by atoms with van der Waals surface area (Å²) >= 11 is 0. The number of carbonyl (C=O) groups excluding carboxylic acids is 2. The average Bonchev–Trinajstić information content (AvgIpc) is 3.35. The third kappa shape index (κ3) is 4.48. The minimum Gasteiger partial charge on any atom is -0.461 e. The number of pyridine rings is 1. The van der Waals surface area contributed by atoms with E-state index in [1.54, 1.807) is 32.4 Å². The Balaban J connectivity index is 1.76. The van der Waals surface area contributed by atoms with Gasteiger partial charge in [0.2, 0.25) is 15.9 Å². The first-order chi connectivity index (χ1) is 13.8. The number of carbonyl (C=O) groups is 2. The van der Waals surface area contributed by atoms with Gasteiger partial charge in [-0.3, -0.25) is 9.78 Å². The van der Waals surface area contributed by atoms with E-state index < -0.39 is 22.0 Å². The Morgan fingerprint density at radius 3 is 2.86 bits per heavy atom. The summed E-state index contributed by atoms with van der Waals surface area (Å²) in [5.41, 5.74) is 0.970. The van der Waals surface area contributed by atoms with Crippen LogP contribution in [0.4, 0.5) is 0 Å². The first kappa shape index (κ1) is 21.0. The third-order valence-electron chi connectivity index (χ3n) is 4.77. The zero-order valence-electron chi connectivity index (χ0n) is 16.4. The van der Waals surface area contributed by atoms with Crippen molar-refractivity contribution in [1.29, 1.82) is 0 Å². The number of sulfonamides is 1. The topological polar surface area (TPSA) is 111 Å². The van der Waals surface area contributed by atoms with Gasteiger partial charge in [0, 0.05) is 38.7 Å². The van der Waals surface area contributed by atoms with Crippen molar-refractivity contribution in [3.05, 3.63) is 48.0 Å². The summed E-state index contributed by atoms with van der Waals surface area (Å²) in [7, 11) is -2.36. The van der Waals surface area contributed by atoms with Gasteiger partial charge in [0.25, 0.3) is 0 Å². The number of nitrogens with one attached hydrogen (secondary N) is 1. The molecule has 3 heterocycles. The Morgan fingerprint density at radius 2 is 2.17 bits per heavy atom. The standard InChI is InChI=1S/C19H24N4O5S/c1-3-28-19(25)17-10-15(13-22(17)2)29(26,27)23-9-5-7-16(23)18(24)21-12-14-6-4-8-20-11-14/h4,6,8,10-11,13,16H,3,5,7,9,12H2,1-2H3,(H,21,24)/t16-/m0/s1. The number of amides is 1. The second kappa shape index (κ2) is 8.75. The van der Waals surface area contributed by atoms with Crippen LogP contribution >= 0.6 is 0 Å². The molecule has 9 nitrogen and oxygen atoms in total. The Labute approximate surface area is 169 Å². The minimum absolute atomic E-state index is 0.0324. The lowest BCUT2D eigenvalue weighted by Crippen LogP contribution is -2.45. The van der Waals surface area contributed by atoms with Gasteiger partial charge in [0.1, 0.15) is 16.6 Å². The van der Waals surface area contributed by atoms with Gasteiger partial charge in [-0.05, 0) is 37.5 Å². The quantitative estimate of drug-likeness (QED) is 0.671. The van der Waals surface area contributed by atoms with Crippen LogP contribution in [0.25, 0.3) is 0 Å². The largest absolute Gasteiger partial charge is 0.461 e. The maximum absolute atomic E-state index is 13.1. The number of ether oxygens (including phenoxy) is 1. The smallest absolute Gasteiger partial charge is 0.354 e. The summed E-state index contributed by atoms with van der Waals surface area (Å²) in [4.78, 5) is 28.6. The van der Waals surface area contributed by atoms with Crippen molar-refractivity contribution < 1.29 is 22.7 Å². The number of nitrogens with zero attached hydrogens (tertiary/aromatic N) is 3. The number of rotatable bonds is 7. The summed E-state index contributed by atoms with van der Waals surface area (Å²) in [5, 5.41) is 2.78. The summed E-state index contributed by atoms with van der Waals surface area (Å²) < 4.78 is 33.9. The van der Waals surface area contributed by atoms with Gasteiger partial charge < -0.3 is 14.6 Å². The van der Waals surface area contributed by atoms with E-state index in [0.29, 0.717) is 12.8 Å². The van der Waals surface area contributed by atoms with E-state index >= 15 is 0 Å². The summed E-state index contributed by atoms with van der Waals surface area (Å²) in [5.74, 6) is -0.944. The van der Waals surface area contributed by atoms with Gasteiger partial charge in [0.05, 0.1) is 6.61 Å². The van der Waals surface area contributed by atoms with Crippen LogP contribution in [0, 0.1) is 0 Å². The molecule has 2 aromatic rings. The number of aromatic nitrogens is 2. The van der Waals surface area contributed by atoms with Crippen molar-refractivity contribution in [2.24, 2.45) is 7.05 Å². The second-order valence-corrected chi connectivity index (χ2v) is 8.64. The monoisotopic (exact) mass is 420 g/mol. The fourth-order valence-corrected chi connectivity index (χ4v) is 5.05. The molecule has 0 saturated carbocycles. The Hall–Kier alpha value is -2.72. The highest BCUT2D eigenvalue weighted by Gasteiger charge is 2.40. The highest BCUT2D eigenvalue weighted by atomic mass is 32.2. The molecule has 1 fully saturated rings. The lowest BCUT2D eigenvalue weighted by atomic mass is 10.2. The van der Waals surface area contributed by atoms with Crippen LogP contribution in [0.15, 0.2) is 41.7 Å². The molecular weight excluding hydrogens is 396 g/mol. The molecule has 1 aliphatic heterocycles. The molecule has 1 amide bonds. The van der Waals surface area contributed by atoms with E-state index in [1.807, 2.05) is 6.07 Å². The lowest BCUT2D eigenvalue weighted by Gasteiger charge is -2.22. The Bertz CT molecular complexity index is 987. The van der Waals surface area contributed by atoms with Gasteiger partial charge in [-0.2, -0.15) is 4.31 Å². The summed E-state index contributed by atoms with van der Waals surface area (Å²) in [6, 6.07) is 4.10. The fraction of sp³-hybridized carbons (Fsp3) is 0.421. The van der Waals surface area contributed by atoms with Gasteiger partial charge in [0.15, 0.2) is 0 Å². The van der Waals surface area contributed by atoms with Gasteiger partial charge in [-0.15, -0.1) is 0 Å². The molecule has 10 heteroatoms. The molecule has 0 spiro atoms. The van der Waals surface area contributed by atoms with E-state index in [4.69, 9.17) is 4.74 Å². The van der Waals surface area contributed by atoms with E-state index in [0.717, 1.165) is 5.56 Å². The number of hydrogen-bond donors (Lipinski definition) is 1.